The minimum Gasteiger partial charge on any atom is -0.458 e. The predicted octanol–water partition coefficient (Wildman–Crippen LogP) is 13.9. The average Bonchev–Trinajstić information content (AvgIpc) is 3.85. The minimum atomic E-state index is -0.411. The number of pyridine rings is 1. The van der Waals surface area contributed by atoms with Gasteiger partial charge in [-0.05, 0) is 106 Å². The van der Waals surface area contributed by atoms with Crippen LogP contribution in [0.25, 0.3) is 50.0 Å². The maximum Gasteiger partial charge on any atom is 0.269 e. The molecule has 10 rings (SSSR count). The Kier molecular flexibility index (Phi) is 9.67. The zero-order valence-corrected chi connectivity index (χ0v) is 37.1. The summed E-state index contributed by atoms with van der Waals surface area (Å²) in [6, 6.07) is 64.6. The van der Waals surface area contributed by atoms with Gasteiger partial charge < -0.3 is 4.74 Å². The lowest BCUT2D eigenvalue weighted by molar-refractivity contribution is -0.572. The summed E-state index contributed by atoms with van der Waals surface area (Å²) >= 11 is 0. The second kappa shape index (κ2) is 15.3. The van der Waals surface area contributed by atoms with Crippen molar-refractivity contribution in [3.05, 3.63) is 222 Å². The van der Waals surface area contributed by atoms with Crippen LogP contribution in [0.2, 0.25) is 0 Å². The molecule has 10 aromatic rings. The van der Waals surface area contributed by atoms with Crippen molar-refractivity contribution in [2.45, 2.75) is 64.7 Å². The summed E-state index contributed by atoms with van der Waals surface area (Å²) in [6.07, 6.45) is 5.68. The molecule has 7 aromatic carbocycles. The first-order chi connectivity index (χ1) is 30.4. The standard InChI is InChI=1S/C58H52N4O/c1-56(2,3)43-33-44(57(4,5)6)35-46(34-43)61-39-60(52-27-16-17-28-53(52)61)45-23-18-24-47(37-45)63-48-29-30-50-49-25-14-15-26-51(49)62(54(50)38-48)55-36-42(31-32-59-55)58(7,40-19-10-8-11-20-40)41-21-12-9-13-22-41/h8-38H,1-7H3. The van der Waals surface area contributed by atoms with E-state index in [-0.39, 0.29) is 10.8 Å². The molecule has 0 radical (unpaired) electrons. The third-order valence-corrected chi connectivity index (χ3v) is 12.7. The summed E-state index contributed by atoms with van der Waals surface area (Å²) in [4.78, 5) is 5.04. The SMILES string of the molecule is CC(C)(C)c1cc(-[n+]2[c-]n(-c3cccc(Oc4ccc5c6ccccc6n(-c6cc(C(C)(c7ccccc7)c7ccccc7)ccn6)c5c4)c3)c3ccccc32)cc(C(C)(C)C)c1. The molecule has 0 unspecified atom stereocenters. The molecule has 0 atom stereocenters. The van der Waals surface area contributed by atoms with Crippen molar-refractivity contribution in [1.29, 1.82) is 0 Å². The van der Waals surface area contributed by atoms with Crippen molar-refractivity contribution in [3.63, 3.8) is 0 Å². The molecule has 0 saturated carbocycles. The summed E-state index contributed by atoms with van der Waals surface area (Å²) < 4.78 is 13.4. The Hall–Kier alpha value is -7.24. The Morgan fingerprint density at radius 2 is 1.08 bits per heavy atom. The number of hydrogen-bond acceptors (Lipinski definition) is 2. The van der Waals surface area contributed by atoms with E-state index < -0.39 is 5.41 Å². The fourth-order valence-corrected chi connectivity index (χ4v) is 9.03. The topological polar surface area (TPSA) is 35.9 Å². The number of benzene rings is 7. The van der Waals surface area contributed by atoms with E-state index in [9.17, 15) is 0 Å². The van der Waals surface area contributed by atoms with Gasteiger partial charge in [-0.15, -0.1) is 0 Å². The van der Waals surface area contributed by atoms with Crippen LogP contribution < -0.4 is 9.30 Å². The van der Waals surface area contributed by atoms with Gasteiger partial charge >= 0.3 is 0 Å². The van der Waals surface area contributed by atoms with E-state index in [0.29, 0.717) is 0 Å². The van der Waals surface area contributed by atoms with E-state index in [4.69, 9.17) is 9.72 Å². The lowest BCUT2D eigenvalue weighted by Gasteiger charge is -2.32. The van der Waals surface area contributed by atoms with Crippen molar-refractivity contribution in [3.8, 4) is 28.7 Å². The van der Waals surface area contributed by atoms with Gasteiger partial charge in [-0.3, -0.25) is 13.7 Å². The number of para-hydroxylation sites is 3. The van der Waals surface area contributed by atoms with Gasteiger partial charge in [0.05, 0.1) is 33.4 Å². The number of aromatic nitrogens is 4. The lowest BCUT2D eigenvalue weighted by atomic mass is 9.71. The van der Waals surface area contributed by atoms with Crippen LogP contribution in [0.3, 0.4) is 0 Å². The summed E-state index contributed by atoms with van der Waals surface area (Å²) in [5.41, 5.74) is 12.1. The summed E-state index contributed by atoms with van der Waals surface area (Å²) in [5, 5.41) is 2.30. The molecule has 0 fully saturated rings. The van der Waals surface area contributed by atoms with Gasteiger partial charge in [0.25, 0.3) is 6.33 Å². The molecule has 0 aliphatic rings. The molecule has 63 heavy (non-hydrogen) atoms. The van der Waals surface area contributed by atoms with Crippen molar-refractivity contribution in [2.75, 3.05) is 0 Å². The molecule has 0 spiro atoms. The zero-order valence-electron chi connectivity index (χ0n) is 37.1. The highest BCUT2D eigenvalue weighted by Crippen LogP contribution is 2.41. The molecular weight excluding hydrogens is 769 g/mol. The highest BCUT2D eigenvalue weighted by molar-refractivity contribution is 6.09. The van der Waals surface area contributed by atoms with Crippen LogP contribution in [0.5, 0.6) is 11.5 Å². The number of nitrogens with zero attached hydrogens (tertiary/aromatic N) is 4. The maximum absolute atomic E-state index is 6.77. The Morgan fingerprint density at radius 3 is 1.76 bits per heavy atom. The summed E-state index contributed by atoms with van der Waals surface area (Å²) in [7, 11) is 0. The average molecular weight is 821 g/mol. The highest BCUT2D eigenvalue weighted by atomic mass is 16.5. The Morgan fingerprint density at radius 1 is 0.476 bits per heavy atom. The quantitative estimate of drug-likeness (QED) is 0.113. The number of fused-ring (bicyclic) bond motifs is 4. The Balaban J connectivity index is 1.05. The van der Waals surface area contributed by atoms with Crippen LogP contribution in [0.15, 0.2) is 188 Å². The van der Waals surface area contributed by atoms with Gasteiger partial charge in [-0.2, -0.15) is 0 Å². The van der Waals surface area contributed by atoms with E-state index in [1.807, 2.05) is 12.3 Å². The van der Waals surface area contributed by atoms with Gasteiger partial charge in [0.1, 0.15) is 17.3 Å². The van der Waals surface area contributed by atoms with Gasteiger partial charge in [-0.1, -0.05) is 157 Å². The third-order valence-electron chi connectivity index (χ3n) is 12.7. The second-order valence-corrected chi connectivity index (χ2v) is 18.9. The van der Waals surface area contributed by atoms with Crippen LogP contribution in [-0.4, -0.2) is 14.1 Å². The van der Waals surface area contributed by atoms with Gasteiger partial charge in [0.2, 0.25) is 0 Å². The molecule has 3 aromatic heterocycles. The largest absolute Gasteiger partial charge is 0.458 e. The molecule has 0 amide bonds. The molecule has 0 N–H and O–H groups in total. The summed E-state index contributed by atoms with van der Waals surface area (Å²) in [5.74, 6) is 2.32. The van der Waals surface area contributed by atoms with E-state index in [2.05, 4.69) is 244 Å². The van der Waals surface area contributed by atoms with Crippen molar-refractivity contribution < 1.29 is 9.30 Å². The van der Waals surface area contributed by atoms with Gasteiger partial charge in [0.15, 0.2) is 0 Å². The van der Waals surface area contributed by atoms with Crippen molar-refractivity contribution in [2.24, 2.45) is 0 Å². The Labute approximate surface area is 370 Å². The molecule has 0 aliphatic carbocycles. The maximum atomic E-state index is 6.77. The van der Waals surface area contributed by atoms with Crippen LogP contribution >= 0.6 is 0 Å². The predicted molar refractivity (Wildman–Crippen MR) is 258 cm³/mol. The van der Waals surface area contributed by atoms with Gasteiger partial charge in [0, 0.05) is 28.5 Å². The van der Waals surface area contributed by atoms with E-state index >= 15 is 0 Å². The van der Waals surface area contributed by atoms with Crippen molar-refractivity contribution >= 4 is 32.8 Å². The normalized spacial score (nSPS) is 12.4. The summed E-state index contributed by atoms with van der Waals surface area (Å²) in [6.45, 7) is 16.0. The van der Waals surface area contributed by atoms with E-state index in [1.165, 1.54) is 22.3 Å². The number of ether oxygens (including phenoxy) is 1. The van der Waals surface area contributed by atoms with Gasteiger partial charge in [-0.25, -0.2) is 4.98 Å². The van der Waals surface area contributed by atoms with Crippen LogP contribution in [0.1, 0.15) is 76.3 Å². The smallest absolute Gasteiger partial charge is 0.269 e. The number of rotatable bonds is 8. The molecule has 310 valence electrons. The molecular formula is C58H52N4O. The van der Waals surface area contributed by atoms with Crippen molar-refractivity contribution in [1.82, 2.24) is 14.1 Å². The molecule has 0 saturated heterocycles. The first-order valence-corrected chi connectivity index (χ1v) is 21.9. The molecule has 5 heteroatoms. The molecule has 5 nitrogen and oxygen atoms in total. The minimum absolute atomic E-state index is 0.00925. The molecule has 0 bridgehead atoms. The fraction of sp³-hybridized carbons (Fsp3) is 0.172. The van der Waals surface area contributed by atoms with Crippen LogP contribution in [-0.2, 0) is 16.2 Å². The molecule has 0 aliphatic heterocycles. The Bertz CT molecular complexity index is 3220. The highest BCUT2D eigenvalue weighted by Gasteiger charge is 2.32. The lowest BCUT2D eigenvalue weighted by Crippen LogP contribution is -2.31. The third kappa shape index (κ3) is 7.17. The zero-order chi connectivity index (χ0) is 43.5. The first kappa shape index (κ1) is 39.9. The van der Waals surface area contributed by atoms with Crippen LogP contribution in [0, 0.1) is 6.33 Å². The van der Waals surface area contributed by atoms with E-state index in [1.54, 1.807) is 0 Å². The number of imidazole rings is 1. The van der Waals surface area contributed by atoms with E-state index in [0.717, 1.165) is 67.1 Å². The monoisotopic (exact) mass is 820 g/mol. The molecule has 3 heterocycles. The number of hydrogen-bond donors (Lipinski definition) is 0. The van der Waals surface area contributed by atoms with Crippen LogP contribution in [0.4, 0.5) is 0 Å². The second-order valence-electron chi connectivity index (χ2n) is 18.9. The first-order valence-electron chi connectivity index (χ1n) is 21.9. The fourth-order valence-electron chi connectivity index (χ4n) is 9.03.